The fraction of sp³-hybridized carbons (Fsp3) is 0.154. The number of aryl methyl sites for hydroxylation is 1. The van der Waals surface area contributed by atoms with Crippen molar-refractivity contribution in [2.24, 2.45) is 0 Å². The van der Waals surface area contributed by atoms with E-state index in [1.54, 1.807) is 6.07 Å². The maximum absolute atomic E-state index is 12.6. The van der Waals surface area contributed by atoms with Crippen molar-refractivity contribution in [2.45, 2.75) is 13.1 Å². The van der Waals surface area contributed by atoms with Gasteiger partial charge in [0.2, 0.25) is 0 Å². The molecule has 2 nitrogen and oxygen atoms in total. The Balaban J connectivity index is 2.15. The number of thiophene rings is 1. The Morgan fingerprint density at radius 2 is 2.00 bits per heavy atom. The number of hydrogen-bond acceptors (Lipinski definition) is 2. The molecule has 3 aromatic rings. The van der Waals surface area contributed by atoms with Crippen molar-refractivity contribution < 1.29 is 13.2 Å². The van der Waals surface area contributed by atoms with Crippen LogP contribution in [0.3, 0.4) is 0 Å². The van der Waals surface area contributed by atoms with E-state index < -0.39 is 11.9 Å². The fourth-order valence-electron chi connectivity index (χ4n) is 2.02. The second kappa shape index (κ2) is 4.49. The summed E-state index contributed by atoms with van der Waals surface area (Å²) in [5, 5.41) is 7.34. The topological polar surface area (TPSA) is 28.7 Å². The zero-order valence-electron chi connectivity index (χ0n) is 10.2. The molecule has 0 aliphatic heterocycles. The summed E-state index contributed by atoms with van der Waals surface area (Å²) in [6, 6.07) is 6.45. The van der Waals surface area contributed by atoms with Crippen LogP contribution in [-0.4, -0.2) is 10.2 Å². The summed E-state index contributed by atoms with van der Waals surface area (Å²) in [7, 11) is 0. The number of benzene rings is 1. The van der Waals surface area contributed by atoms with Crippen LogP contribution < -0.4 is 0 Å². The zero-order valence-corrected chi connectivity index (χ0v) is 11.7. The van der Waals surface area contributed by atoms with Gasteiger partial charge in [0.05, 0.1) is 4.88 Å². The summed E-state index contributed by atoms with van der Waals surface area (Å²) in [6.07, 6.45) is -4.42. The van der Waals surface area contributed by atoms with E-state index in [1.165, 1.54) is 11.3 Å². The Morgan fingerprint density at radius 1 is 1.25 bits per heavy atom. The number of alkyl halides is 3. The quantitative estimate of drug-likeness (QED) is 0.650. The standard InChI is InChI=1S/C13H8ClF3N2S/c1-6-8-4-7(14)2-3-10(8)20-12(6)9-5-11(19-18-9)13(15,16)17/h2-5H,1H3,(H,18,19). The fourth-order valence-corrected chi connectivity index (χ4v) is 3.34. The highest BCUT2D eigenvalue weighted by atomic mass is 35.5. The van der Waals surface area contributed by atoms with Gasteiger partial charge in [-0.3, -0.25) is 5.10 Å². The highest BCUT2D eigenvalue weighted by Gasteiger charge is 2.33. The second-order valence-corrected chi connectivity index (χ2v) is 5.85. The molecule has 1 aromatic carbocycles. The number of aromatic amines is 1. The third kappa shape index (κ3) is 2.19. The van der Waals surface area contributed by atoms with Gasteiger partial charge in [0.15, 0.2) is 0 Å². The van der Waals surface area contributed by atoms with Gasteiger partial charge in [-0.25, -0.2) is 0 Å². The number of rotatable bonds is 1. The number of halogens is 4. The van der Waals surface area contributed by atoms with Crippen molar-refractivity contribution in [3.8, 4) is 10.6 Å². The lowest BCUT2D eigenvalue weighted by Gasteiger charge is -1.99. The molecule has 0 radical (unpaired) electrons. The van der Waals surface area contributed by atoms with Crippen LogP contribution >= 0.6 is 22.9 Å². The predicted octanol–water partition coefficient (Wildman–Crippen LogP) is 5.27. The highest BCUT2D eigenvalue weighted by molar-refractivity contribution is 7.22. The van der Waals surface area contributed by atoms with Crippen LogP contribution in [0.2, 0.25) is 5.02 Å². The van der Waals surface area contributed by atoms with Gasteiger partial charge in [-0.05, 0) is 42.1 Å². The predicted molar refractivity (Wildman–Crippen MR) is 74.2 cm³/mol. The average molecular weight is 317 g/mol. The number of H-pyrrole nitrogens is 1. The molecule has 2 aromatic heterocycles. The molecular formula is C13H8ClF3N2S. The molecule has 1 N–H and O–H groups in total. The smallest absolute Gasteiger partial charge is 0.273 e. The lowest BCUT2D eigenvalue weighted by Crippen LogP contribution is -2.04. The van der Waals surface area contributed by atoms with Gasteiger partial charge in [-0.2, -0.15) is 18.3 Å². The molecule has 0 saturated heterocycles. The van der Waals surface area contributed by atoms with Crippen LogP contribution in [0.25, 0.3) is 20.7 Å². The van der Waals surface area contributed by atoms with Crippen LogP contribution in [0.1, 0.15) is 11.3 Å². The summed E-state index contributed by atoms with van der Waals surface area (Å²) in [5.41, 5.74) is 0.335. The van der Waals surface area contributed by atoms with Gasteiger partial charge >= 0.3 is 6.18 Å². The Kier molecular flexibility index (Phi) is 3.02. The number of fused-ring (bicyclic) bond motifs is 1. The van der Waals surface area contributed by atoms with Crippen molar-refractivity contribution in [2.75, 3.05) is 0 Å². The molecule has 0 aliphatic rings. The Bertz CT molecular complexity index is 789. The summed E-state index contributed by atoms with van der Waals surface area (Å²) in [6.45, 7) is 1.85. The minimum absolute atomic E-state index is 0.298. The van der Waals surface area contributed by atoms with Crippen molar-refractivity contribution in [1.82, 2.24) is 10.2 Å². The molecule has 2 heterocycles. The molecule has 7 heteroatoms. The summed E-state index contributed by atoms with van der Waals surface area (Å²) >= 11 is 7.35. The molecule has 0 saturated carbocycles. The average Bonchev–Trinajstić information content (AvgIpc) is 2.95. The van der Waals surface area contributed by atoms with Crippen LogP contribution in [0.15, 0.2) is 24.3 Å². The van der Waals surface area contributed by atoms with Crippen LogP contribution in [0.4, 0.5) is 13.2 Å². The number of aromatic nitrogens is 2. The van der Waals surface area contributed by atoms with E-state index in [0.29, 0.717) is 15.6 Å². The van der Waals surface area contributed by atoms with E-state index in [4.69, 9.17) is 11.6 Å². The van der Waals surface area contributed by atoms with E-state index in [2.05, 4.69) is 5.10 Å². The Morgan fingerprint density at radius 3 is 2.65 bits per heavy atom. The van der Waals surface area contributed by atoms with Gasteiger partial charge in [0, 0.05) is 9.72 Å². The maximum Gasteiger partial charge on any atom is 0.432 e. The summed E-state index contributed by atoms with van der Waals surface area (Å²) in [4.78, 5) is 0.717. The van der Waals surface area contributed by atoms with E-state index in [9.17, 15) is 13.2 Å². The molecule has 20 heavy (non-hydrogen) atoms. The molecule has 3 rings (SSSR count). The van der Waals surface area contributed by atoms with E-state index in [0.717, 1.165) is 21.7 Å². The van der Waals surface area contributed by atoms with E-state index in [1.807, 2.05) is 24.2 Å². The number of hydrogen-bond donors (Lipinski definition) is 1. The maximum atomic E-state index is 12.6. The minimum atomic E-state index is -4.42. The lowest BCUT2D eigenvalue weighted by molar-refractivity contribution is -0.141. The third-order valence-electron chi connectivity index (χ3n) is 3.01. The van der Waals surface area contributed by atoms with Gasteiger partial charge in [0.1, 0.15) is 11.4 Å². The largest absolute Gasteiger partial charge is 0.432 e. The van der Waals surface area contributed by atoms with E-state index in [-0.39, 0.29) is 0 Å². The molecule has 0 amide bonds. The molecule has 0 spiro atoms. The molecule has 104 valence electrons. The number of nitrogens with zero attached hydrogens (tertiary/aromatic N) is 1. The Hall–Kier alpha value is -1.53. The van der Waals surface area contributed by atoms with Crippen molar-refractivity contribution in [3.63, 3.8) is 0 Å². The van der Waals surface area contributed by atoms with Gasteiger partial charge in [-0.1, -0.05) is 11.6 Å². The third-order valence-corrected chi connectivity index (χ3v) is 4.54. The second-order valence-electron chi connectivity index (χ2n) is 4.36. The van der Waals surface area contributed by atoms with Crippen molar-refractivity contribution >= 4 is 33.0 Å². The molecule has 0 bridgehead atoms. The molecule has 0 fully saturated rings. The SMILES string of the molecule is Cc1c(-c2cc(C(F)(F)F)[nH]n2)sc2ccc(Cl)cc12. The van der Waals surface area contributed by atoms with Crippen LogP contribution in [0.5, 0.6) is 0 Å². The molecule has 0 atom stereocenters. The molecule has 0 aliphatic carbocycles. The van der Waals surface area contributed by atoms with Crippen molar-refractivity contribution in [3.05, 3.63) is 40.5 Å². The van der Waals surface area contributed by atoms with Gasteiger partial charge in [-0.15, -0.1) is 11.3 Å². The first-order chi connectivity index (χ1) is 9.36. The van der Waals surface area contributed by atoms with Gasteiger partial charge in [0.25, 0.3) is 0 Å². The van der Waals surface area contributed by atoms with Crippen molar-refractivity contribution in [1.29, 1.82) is 0 Å². The summed E-state index contributed by atoms with van der Waals surface area (Å²) in [5.74, 6) is 0. The van der Waals surface area contributed by atoms with E-state index >= 15 is 0 Å². The monoisotopic (exact) mass is 316 g/mol. The highest BCUT2D eigenvalue weighted by Crippen LogP contribution is 2.39. The van der Waals surface area contributed by atoms with Crippen LogP contribution in [-0.2, 0) is 6.18 Å². The minimum Gasteiger partial charge on any atom is -0.273 e. The van der Waals surface area contributed by atoms with Crippen LogP contribution in [0, 0.1) is 6.92 Å². The Labute approximate surface area is 121 Å². The zero-order chi connectivity index (χ0) is 14.5. The molecule has 0 unspecified atom stereocenters. The normalized spacial score (nSPS) is 12.2. The lowest BCUT2D eigenvalue weighted by atomic mass is 10.1. The first-order valence-corrected chi connectivity index (χ1v) is 6.87. The summed E-state index contributed by atoms with van der Waals surface area (Å²) < 4.78 is 38.7. The first kappa shape index (κ1) is 13.5. The van der Waals surface area contributed by atoms with Gasteiger partial charge < -0.3 is 0 Å². The molecular weight excluding hydrogens is 309 g/mol. The first-order valence-electron chi connectivity index (χ1n) is 5.68. The number of nitrogens with one attached hydrogen (secondary N) is 1.